The number of pyridine rings is 1. The lowest BCUT2D eigenvalue weighted by Crippen LogP contribution is -2.44. The molecule has 2 aliphatic rings. The smallest absolute Gasteiger partial charge is 0.232 e. The van der Waals surface area contributed by atoms with Crippen molar-refractivity contribution in [1.29, 1.82) is 0 Å². The zero-order chi connectivity index (χ0) is 17.8. The molecule has 1 saturated carbocycles. The van der Waals surface area contributed by atoms with Gasteiger partial charge in [0.1, 0.15) is 12.4 Å². The SMILES string of the molecule is O=C(Nc1cccc(OCc2ccccn2)c1)[C@@]12CCCC[C@H]1CNC2. The Morgan fingerprint density at radius 2 is 2.23 bits per heavy atom. The highest BCUT2D eigenvalue weighted by atomic mass is 16.5. The van der Waals surface area contributed by atoms with Crippen LogP contribution in [0.1, 0.15) is 31.4 Å². The van der Waals surface area contributed by atoms with E-state index in [0.29, 0.717) is 12.5 Å². The number of rotatable bonds is 5. The molecule has 1 amide bonds. The predicted molar refractivity (Wildman–Crippen MR) is 101 cm³/mol. The second-order valence-electron chi connectivity index (χ2n) is 7.32. The van der Waals surface area contributed by atoms with Crippen molar-refractivity contribution in [2.24, 2.45) is 11.3 Å². The molecule has 0 spiro atoms. The van der Waals surface area contributed by atoms with Gasteiger partial charge in [-0.2, -0.15) is 0 Å². The monoisotopic (exact) mass is 351 g/mol. The topological polar surface area (TPSA) is 63.2 Å². The van der Waals surface area contributed by atoms with Crippen molar-refractivity contribution in [3.05, 3.63) is 54.4 Å². The molecule has 26 heavy (non-hydrogen) atoms. The minimum atomic E-state index is -0.247. The normalized spacial score (nSPS) is 24.7. The molecule has 0 bridgehead atoms. The van der Waals surface area contributed by atoms with Crippen molar-refractivity contribution in [2.75, 3.05) is 18.4 Å². The van der Waals surface area contributed by atoms with Gasteiger partial charge in [-0.1, -0.05) is 25.0 Å². The number of hydrogen-bond acceptors (Lipinski definition) is 4. The number of fused-ring (bicyclic) bond motifs is 1. The number of carbonyl (C=O) groups is 1. The van der Waals surface area contributed by atoms with E-state index in [1.807, 2.05) is 42.5 Å². The maximum absolute atomic E-state index is 13.1. The molecular formula is C21H25N3O2. The van der Waals surface area contributed by atoms with Gasteiger partial charge in [-0.3, -0.25) is 9.78 Å². The standard InChI is InChI=1S/C21H25N3O2/c25-20(21-10-3-1-6-16(21)13-22-15-21)24-17-8-5-9-19(12-17)26-14-18-7-2-4-11-23-18/h2,4-5,7-9,11-12,16,22H,1,3,6,10,13-15H2,(H,24,25)/t16-,21+/m0/s1. The lowest BCUT2D eigenvalue weighted by atomic mass is 9.67. The van der Waals surface area contributed by atoms with Crippen molar-refractivity contribution < 1.29 is 9.53 Å². The molecule has 5 heteroatoms. The second-order valence-corrected chi connectivity index (χ2v) is 7.32. The third-order valence-electron chi connectivity index (χ3n) is 5.70. The van der Waals surface area contributed by atoms with Gasteiger partial charge in [-0.25, -0.2) is 0 Å². The number of aromatic nitrogens is 1. The Bertz CT molecular complexity index is 765. The molecule has 1 aromatic carbocycles. The van der Waals surface area contributed by atoms with Gasteiger partial charge < -0.3 is 15.4 Å². The van der Waals surface area contributed by atoms with Crippen LogP contribution in [0.15, 0.2) is 48.7 Å². The van der Waals surface area contributed by atoms with Gasteiger partial charge >= 0.3 is 0 Å². The second kappa shape index (κ2) is 7.46. The molecule has 136 valence electrons. The summed E-state index contributed by atoms with van der Waals surface area (Å²) in [6.07, 6.45) is 6.25. The van der Waals surface area contributed by atoms with Crippen LogP contribution < -0.4 is 15.4 Å². The lowest BCUT2D eigenvalue weighted by Gasteiger charge is -2.37. The molecule has 2 fully saturated rings. The van der Waals surface area contributed by atoms with Crippen LogP contribution in [-0.2, 0) is 11.4 Å². The molecule has 2 heterocycles. The molecule has 0 radical (unpaired) electrons. The van der Waals surface area contributed by atoms with E-state index in [0.717, 1.165) is 49.5 Å². The third kappa shape index (κ3) is 3.44. The van der Waals surface area contributed by atoms with Crippen molar-refractivity contribution in [3.8, 4) is 5.75 Å². The number of amides is 1. The van der Waals surface area contributed by atoms with E-state index in [4.69, 9.17) is 4.74 Å². The highest BCUT2D eigenvalue weighted by Gasteiger charge is 2.49. The largest absolute Gasteiger partial charge is 0.487 e. The fraction of sp³-hybridized carbons (Fsp3) is 0.429. The summed E-state index contributed by atoms with van der Waals surface area (Å²) in [6.45, 7) is 2.16. The van der Waals surface area contributed by atoms with E-state index >= 15 is 0 Å². The van der Waals surface area contributed by atoms with E-state index < -0.39 is 0 Å². The van der Waals surface area contributed by atoms with E-state index in [9.17, 15) is 4.79 Å². The van der Waals surface area contributed by atoms with E-state index in [-0.39, 0.29) is 11.3 Å². The van der Waals surface area contributed by atoms with Gasteiger partial charge in [0, 0.05) is 24.5 Å². The van der Waals surface area contributed by atoms with Gasteiger partial charge in [-0.05, 0) is 49.6 Å². The Labute approximate surface area is 154 Å². The van der Waals surface area contributed by atoms with Gasteiger partial charge in [0.15, 0.2) is 0 Å². The van der Waals surface area contributed by atoms with E-state index in [2.05, 4.69) is 15.6 Å². The quantitative estimate of drug-likeness (QED) is 0.867. The molecule has 2 N–H and O–H groups in total. The van der Waals surface area contributed by atoms with Crippen LogP contribution in [0.25, 0.3) is 0 Å². The van der Waals surface area contributed by atoms with Crippen molar-refractivity contribution in [1.82, 2.24) is 10.3 Å². The number of anilines is 1. The number of ether oxygens (including phenoxy) is 1. The van der Waals surface area contributed by atoms with Crippen molar-refractivity contribution in [3.63, 3.8) is 0 Å². The molecule has 5 nitrogen and oxygen atoms in total. The van der Waals surface area contributed by atoms with Crippen LogP contribution in [0.4, 0.5) is 5.69 Å². The zero-order valence-electron chi connectivity index (χ0n) is 14.9. The highest BCUT2D eigenvalue weighted by Crippen LogP contribution is 2.44. The average molecular weight is 351 g/mol. The summed E-state index contributed by atoms with van der Waals surface area (Å²) >= 11 is 0. The lowest BCUT2D eigenvalue weighted by molar-refractivity contribution is -0.128. The highest BCUT2D eigenvalue weighted by molar-refractivity contribution is 5.96. The van der Waals surface area contributed by atoms with E-state index in [1.54, 1.807) is 6.20 Å². The fourth-order valence-corrected chi connectivity index (χ4v) is 4.25. The maximum atomic E-state index is 13.1. The first kappa shape index (κ1) is 17.0. The first-order chi connectivity index (χ1) is 12.8. The van der Waals surface area contributed by atoms with Crippen molar-refractivity contribution in [2.45, 2.75) is 32.3 Å². The third-order valence-corrected chi connectivity index (χ3v) is 5.70. The first-order valence-corrected chi connectivity index (χ1v) is 9.41. The number of carbonyl (C=O) groups excluding carboxylic acids is 1. The fourth-order valence-electron chi connectivity index (χ4n) is 4.25. The predicted octanol–water partition coefficient (Wildman–Crippen LogP) is 3.38. The first-order valence-electron chi connectivity index (χ1n) is 9.41. The maximum Gasteiger partial charge on any atom is 0.232 e. The molecule has 1 saturated heterocycles. The summed E-state index contributed by atoms with van der Waals surface area (Å²) in [4.78, 5) is 17.3. The zero-order valence-corrected chi connectivity index (χ0v) is 14.9. The minimum Gasteiger partial charge on any atom is -0.487 e. The van der Waals surface area contributed by atoms with E-state index in [1.165, 1.54) is 6.42 Å². The Morgan fingerprint density at radius 3 is 3.12 bits per heavy atom. The van der Waals surface area contributed by atoms with Crippen LogP contribution in [0.5, 0.6) is 5.75 Å². The molecule has 1 aliphatic carbocycles. The number of nitrogens with one attached hydrogen (secondary N) is 2. The molecule has 2 atom stereocenters. The summed E-state index contributed by atoms with van der Waals surface area (Å²) in [5.41, 5.74) is 1.42. The van der Waals surface area contributed by atoms with Gasteiger partial charge in [-0.15, -0.1) is 0 Å². The molecule has 0 unspecified atom stereocenters. The number of benzene rings is 1. The summed E-state index contributed by atoms with van der Waals surface area (Å²) in [6, 6.07) is 13.4. The van der Waals surface area contributed by atoms with Crippen LogP contribution in [0, 0.1) is 11.3 Å². The van der Waals surface area contributed by atoms with Crippen LogP contribution in [0.3, 0.4) is 0 Å². The summed E-state index contributed by atoms with van der Waals surface area (Å²) < 4.78 is 5.82. The molecule has 2 aromatic rings. The minimum absolute atomic E-state index is 0.147. The van der Waals surface area contributed by atoms with Gasteiger partial charge in [0.05, 0.1) is 11.1 Å². The van der Waals surface area contributed by atoms with Gasteiger partial charge in [0.25, 0.3) is 0 Å². The summed E-state index contributed by atoms with van der Waals surface area (Å²) in [5, 5.41) is 6.57. The Kier molecular flexibility index (Phi) is 4.89. The van der Waals surface area contributed by atoms with Gasteiger partial charge in [0.2, 0.25) is 5.91 Å². The Morgan fingerprint density at radius 1 is 1.27 bits per heavy atom. The summed E-state index contributed by atoms with van der Waals surface area (Å²) in [7, 11) is 0. The van der Waals surface area contributed by atoms with Crippen molar-refractivity contribution >= 4 is 11.6 Å². The summed E-state index contributed by atoms with van der Waals surface area (Å²) in [5.74, 6) is 1.34. The average Bonchev–Trinajstić information content (AvgIpc) is 3.13. The molecule has 4 rings (SSSR count). The number of nitrogens with zero attached hydrogens (tertiary/aromatic N) is 1. The van der Waals surface area contributed by atoms with Crippen LogP contribution >= 0.6 is 0 Å². The Balaban J connectivity index is 1.42. The van der Waals surface area contributed by atoms with Crippen LogP contribution in [-0.4, -0.2) is 24.0 Å². The Hall–Kier alpha value is -2.40. The molecular weight excluding hydrogens is 326 g/mol. The molecule has 1 aromatic heterocycles. The number of hydrogen-bond donors (Lipinski definition) is 2. The van der Waals surface area contributed by atoms with Crippen LogP contribution in [0.2, 0.25) is 0 Å². The molecule has 1 aliphatic heterocycles.